The van der Waals surface area contributed by atoms with E-state index in [2.05, 4.69) is 17.4 Å². The average molecular weight is 358 g/mol. The van der Waals surface area contributed by atoms with Gasteiger partial charge in [-0.05, 0) is 25.0 Å². The van der Waals surface area contributed by atoms with Crippen LogP contribution in [0, 0.1) is 0 Å². The van der Waals surface area contributed by atoms with Gasteiger partial charge in [-0.25, -0.2) is 0 Å². The number of thiophene rings is 2. The lowest BCUT2D eigenvalue weighted by Gasteiger charge is -2.34. The molecule has 0 bridgehead atoms. The smallest absolute Gasteiger partial charge is 0.262 e. The maximum Gasteiger partial charge on any atom is 0.262 e. The van der Waals surface area contributed by atoms with E-state index in [0.717, 1.165) is 28.7 Å². The Kier molecular flexibility index (Phi) is 3.81. The second-order valence-corrected chi connectivity index (χ2v) is 8.50. The fraction of sp³-hybridized carbons (Fsp3) is 0.333. The lowest BCUT2D eigenvalue weighted by molar-refractivity contribution is -0.125. The van der Waals surface area contributed by atoms with Crippen molar-refractivity contribution in [1.29, 1.82) is 0 Å². The fourth-order valence-corrected chi connectivity index (χ4v) is 5.90. The van der Waals surface area contributed by atoms with Crippen LogP contribution in [-0.2, 0) is 4.79 Å². The van der Waals surface area contributed by atoms with Gasteiger partial charge in [-0.3, -0.25) is 9.59 Å². The number of nitrogens with two attached hydrogens (primary N) is 1. The third-order valence-electron chi connectivity index (χ3n) is 4.80. The van der Waals surface area contributed by atoms with E-state index in [1.54, 1.807) is 11.3 Å². The predicted octanol–water partition coefficient (Wildman–Crippen LogP) is 4.03. The number of hydrogen-bond donors (Lipinski definition) is 2. The van der Waals surface area contributed by atoms with Crippen LogP contribution in [0.1, 0.15) is 41.8 Å². The molecule has 3 N–H and O–H groups in total. The third kappa shape index (κ3) is 2.50. The molecule has 2 heterocycles. The molecule has 1 saturated carbocycles. The highest BCUT2D eigenvalue weighted by Crippen LogP contribution is 2.39. The fourth-order valence-electron chi connectivity index (χ4n) is 3.48. The zero-order valence-corrected chi connectivity index (χ0v) is 14.8. The summed E-state index contributed by atoms with van der Waals surface area (Å²) in [6.45, 7) is 0. The van der Waals surface area contributed by atoms with Crippen LogP contribution < -0.4 is 11.1 Å². The van der Waals surface area contributed by atoms with Gasteiger partial charge in [0.1, 0.15) is 5.54 Å². The highest BCUT2D eigenvalue weighted by Gasteiger charge is 2.39. The lowest BCUT2D eigenvalue weighted by atomic mass is 9.81. The van der Waals surface area contributed by atoms with Crippen molar-refractivity contribution in [3.8, 4) is 0 Å². The first-order chi connectivity index (χ1) is 11.6. The molecule has 0 radical (unpaired) electrons. The molecule has 124 valence electrons. The van der Waals surface area contributed by atoms with Gasteiger partial charge in [0.05, 0.1) is 9.58 Å². The van der Waals surface area contributed by atoms with Crippen LogP contribution in [-0.4, -0.2) is 17.4 Å². The van der Waals surface area contributed by atoms with Crippen LogP contribution in [0.4, 0.5) is 0 Å². The molecule has 3 aromatic rings. The van der Waals surface area contributed by atoms with Crippen LogP contribution >= 0.6 is 22.7 Å². The van der Waals surface area contributed by atoms with Crippen molar-refractivity contribution in [2.24, 2.45) is 5.73 Å². The summed E-state index contributed by atoms with van der Waals surface area (Å²) in [5.74, 6) is -0.604. The van der Waals surface area contributed by atoms with Crippen LogP contribution in [0.15, 0.2) is 30.3 Å². The van der Waals surface area contributed by atoms with Crippen molar-refractivity contribution in [3.63, 3.8) is 0 Å². The van der Waals surface area contributed by atoms with Crippen molar-refractivity contribution >= 4 is 54.0 Å². The number of benzene rings is 1. The highest BCUT2D eigenvalue weighted by atomic mass is 32.1. The number of carbonyl (C=O) groups is 2. The maximum atomic E-state index is 12.7. The Morgan fingerprint density at radius 3 is 2.54 bits per heavy atom. The molecule has 1 fully saturated rings. The Hall–Kier alpha value is -1.92. The Bertz CT molecular complexity index is 935. The van der Waals surface area contributed by atoms with Crippen molar-refractivity contribution in [2.45, 2.75) is 37.6 Å². The van der Waals surface area contributed by atoms with Crippen molar-refractivity contribution in [2.75, 3.05) is 0 Å². The van der Waals surface area contributed by atoms with E-state index < -0.39 is 11.4 Å². The zero-order valence-electron chi connectivity index (χ0n) is 13.1. The number of carbonyl (C=O) groups excluding carboxylic acids is 2. The molecule has 4 rings (SSSR count). The molecule has 0 saturated heterocycles. The van der Waals surface area contributed by atoms with Gasteiger partial charge in [0, 0.05) is 14.8 Å². The molecule has 0 unspecified atom stereocenters. The molecule has 1 aliphatic rings. The second kappa shape index (κ2) is 5.86. The normalized spacial score (nSPS) is 17.2. The first-order valence-corrected chi connectivity index (χ1v) is 9.76. The van der Waals surface area contributed by atoms with E-state index in [-0.39, 0.29) is 5.91 Å². The quantitative estimate of drug-likeness (QED) is 0.742. The van der Waals surface area contributed by atoms with Crippen LogP contribution in [0.5, 0.6) is 0 Å². The zero-order chi connectivity index (χ0) is 16.7. The molecule has 1 aromatic carbocycles. The largest absolute Gasteiger partial charge is 0.368 e. The minimum absolute atomic E-state index is 0.187. The predicted molar refractivity (Wildman–Crippen MR) is 99.7 cm³/mol. The number of hydrogen-bond acceptors (Lipinski definition) is 4. The average Bonchev–Trinajstić information content (AvgIpc) is 3.13. The first kappa shape index (κ1) is 15.6. The summed E-state index contributed by atoms with van der Waals surface area (Å²) >= 11 is 3.18. The number of primary amides is 1. The summed E-state index contributed by atoms with van der Waals surface area (Å²) in [6.07, 6.45) is 4.21. The molecule has 6 heteroatoms. The summed E-state index contributed by atoms with van der Waals surface area (Å²) in [4.78, 5) is 25.3. The first-order valence-electron chi connectivity index (χ1n) is 8.13. The van der Waals surface area contributed by atoms with Gasteiger partial charge in [-0.15, -0.1) is 22.7 Å². The van der Waals surface area contributed by atoms with Crippen molar-refractivity contribution < 1.29 is 9.59 Å². The van der Waals surface area contributed by atoms with Crippen molar-refractivity contribution in [1.82, 2.24) is 5.32 Å². The Morgan fingerprint density at radius 1 is 1.04 bits per heavy atom. The summed E-state index contributed by atoms with van der Waals surface area (Å²) in [5, 5.41) is 4.13. The van der Waals surface area contributed by atoms with E-state index in [1.807, 2.05) is 18.2 Å². The molecule has 2 amide bonds. The Balaban J connectivity index is 1.66. The maximum absolute atomic E-state index is 12.7. The van der Waals surface area contributed by atoms with Crippen LogP contribution in [0.25, 0.3) is 19.5 Å². The monoisotopic (exact) mass is 358 g/mol. The highest BCUT2D eigenvalue weighted by molar-refractivity contribution is 7.33. The van der Waals surface area contributed by atoms with Gasteiger partial charge in [0.2, 0.25) is 5.91 Å². The van der Waals surface area contributed by atoms with Gasteiger partial charge in [0.25, 0.3) is 5.91 Å². The summed E-state index contributed by atoms with van der Waals surface area (Å²) < 4.78 is 3.48. The second-order valence-electron chi connectivity index (χ2n) is 6.36. The molecule has 4 nitrogen and oxygen atoms in total. The SMILES string of the molecule is NC(=O)C1(NC(=O)c2cc3sc4ccccc4c3s2)CCCCC1. The number of rotatable bonds is 3. The topological polar surface area (TPSA) is 72.2 Å². The van der Waals surface area contributed by atoms with Gasteiger partial charge in [-0.2, -0.15) is 0 Å². The van der Waals surface area contributed by atoms with Crippen LogP contribution in [0.2, 0.25) is 0 Å². The molecule has 0 spiro atoms. The molecule has 0 aliphatic heterocycles. The number of nitrogens with one attached hydrogen (secondary N) is 1. The summed E-state index contributed by atoms with van der Waals surface area (Å²) in [5.41, 5.74) is 4.73. The molecular formula is C18H18N2O2S2. The van der Waals surface area contributed by atoms with Gasteiger partial charge >= 0.3 is 0 Å². The van der Waals surface area contributed by atoms with E-state index in [1.165, 1.54) is 21.4 Å². The minimum atomic E-state index is -0.880. The Morgan fingerprint density at radius 2 is 1.79 bits per heavy atom. The third-order valence-corrected chi connectivity index (χ3v) is 7.22. The van der Waals surface area contributed by atoms with E-state index >= 15 is 0 Å². The lowest BCUT2D eigenvalue weighted by Crippen LogP contribution is -2.58. The molecule has 2 aromatic heterocycles. The molecule has 0 atom stereocenters. The molecule has 1 aliphatic carbocycles. The molecule has 24 heavy (non-hydrogen) atoms. The van der Waals surface area contributed by atoms with E-state index in [9.17, 15) is 9.59 Å². The summed E-state index contributed by atoms with van der Waals surface area (Å²) in [6, 6.07) is 10.1. The minimum Gasteiger partial charge on any atom is -0.368 e. The standard InChI is InChI=1S/C18H18N2O2S2/c19-17(22)18(8-4-1-5-9-18)20-16(21)14-10-13-15(24-14)11-6-2-3-7-12(11)23-13/h2-3,6-7,10H,1,4-5,8-9H2,(H2,19,22)(H,20,21). The van der Waals surface area contributed by atoms with Crippen molar-refractivity contribution in [3.05, 3.63) is 35.2 Å². The van der Waals surface area contributed by atoms with E-state index in [0.29, 0.717) is 17.7 Å². The van der Waals surface area contributed by atoms with Crippen LogP contribution in [0.3, 0.4) is 0 Å². The molecular weight excluding hydrogens is 340 g/mol. The number of fused-ring (bicyclic) bond motifs is 3. The van der Waals surface area contributed by atoms with E-state index in [4.69, 9.17) is 5.73 Å². The summed E-state index contributed by atoms with van der Waals surface area (Å²) in [7, 11) is 0. The van der Waals surface area contributed by atoms with Gasteiger partial charge < -0.3 is 11.1 Å². The Labute approximate surface area is 147 Å². The van der Waals surface area contributed by atoms with Gasteiger partial charge in [-0.1, -0.05) is 37.5 Å². The van der Waals surface area contributed by atoms with Gasteiger partial charge in [0.15, 0.2) is 0 Å². The number of amides is 2.